The van der Waals surface area contributed by atoms with Gasteiger partial charge in [0.2, 0.25) is 0 Å². The SMILES string of the molecule is Cc1cc2c(NC(c3ccccc3)C3CCCO3)nccn2n1. The van der Waals surface area contributed by atoms with Gasteiger partial charge in [0.25, 0.3) is 0 Å². The Kier molecular flexibility index (Phi) is 3.71. The molecule has 5 nitrogen and oxygen atoms in total. The van der Waals surface area contributed by atoms with E-state index in [2.05, 4.69) is 39.7 Å². The van der Waals surface area contributed by atoms with E-state index >= 15 is 0 Å². The molecule has 1 aliphatic heterocycles. The van der Waals surface area contributed by atoms with Crippen LogP contribution in [0.15, 0.2) is 48.8 Å². The van der Waals surface area contributed by atoms with Gasteiger partial charge in [0.15, 0.2) is 5.82 Å². The van der Waals surface area contributed by atoms with Crippen LogP contribution in [-0.2, 0) is 4.74 Å². The Hall–Kier alpha value is -2.40. The Morgan fingerprint density at radius 1 is 1.30 bits per heavy atom. The van der Waals surface area contributed by atoms with Crippen molar-refractivity contribution in [1.82, 2.24) is 14.6 Å². The molecule has 1 fully saturated rings. The van der Waals surface area contributed by atoms with Gasteiger partial charge >= 0.3 is 0 Å². The van der Waals surface area contributed by atoms with E-state index in [0.717, 1.165) is 36.5 Å². The molecule has 1 saturated heterocycles. The van der Waals surface area contributed by atoms with Crippen molar-refractivity contribution in [3.63, 3.8) is 0 Å². The van der Waals surface area contributed by atoms with Crippen molar-refractivity contribution in [3.8, 4) is 0 Å². The maximum atomic E-state index is 5.95. The molecule has 0 aliphatic carbocycles. The fourth-order valence-corrected chi connectivity index (χ4v) is 3.22. The first-order valence-electron chi connectivity index (χ1n) is 8.05. The van der Waals surface area contributed by atoms with Crippen molar-refractivity contribution in [1.29, 1.82) is 0 Å². The molecule has 0 saturated carbocycles. The van der Waals surface area contributed by atoms with E-state index < -0.39 is 0 Å². The molecule has 1 aliphatic rings. The van der Waals surface area contributed by atoms with Crippen molar-refractivity contribution in [2.75, 3.05) is 11.9 Å². The molecular weight excluding hydrogens is 288 g/mol. The number of fused-ring (bicyclic) bond motifs is 1. The summed E-state index contributed by atoms with van der Waals surface area (Å²) in [6.07, 6.45) is 5.99. The second-order valence-corrected chi connectivity index (χ2v) is 5.98. The summed E-state index contributed by atoms with van der Waals surface area (Å²) in [6, 6.07) is 12.6. The molecular formula is C18H20N4O. The van der Waals surface area contributed by atoms with Crippen LogP contribution in [0.25, 0.3) is 5.52 Å². The van der Waals surface area contributed by atoms with Gasteiger partial charge in [0.05, 0.1) is 17.8 Å². The highest BCUT2D eigenvalue weighted by atomic mass is 16.5. The van der Waals surface area contributed by atoms with Gasteiger partial charge in [-0.3, -0.25) is 0 Å². The maximum Gasteiger partial charge on any atom is 0.152 e. The summed E-state index contributed by atoms with van der Waals surface area (Å²) in [5.74, 6) is 0.845. The first-order valence-corrected chi connectivity index (χ1v) is 8.05. The lowest BCUT2D eigenvalue weighted by atomic mass is 9.99. The second kappa shape index (κ2) is 6.01. The highest BCUT2D eigenvalue weighted by Crippen LogP contribution is 2.31. The third-order valence-corrected chi connectivity index (χ3v) is 4.30. The Morgan fingerprint density at radius 3 is 2.96 bits per heavy atom. The predicted octanol–water partition coefficient (Wildman–Crippen LogP) is 3.37. The Morgan fingerprint density at radius 2 is 2.17 bits per heavy atom. The monoisotopic (exact) mass is 308 g/mol. The zero-order valence-corrected chi connectivity index (χ0v) is 13.1. The van der Waals surface area contributed by atoms with Crippen LogP contribution in [0.4, 0.5) is 5.82 Å². The summed E-state index contributed by atoms with van der Waals surface area (Å²) in [6.45, 7) is 2.82. The number of aromatic nitrogens is 3. The van der Waals surface area contributed by atoms with E-state index in [9.17, 15) is 0 Å². The summed E-state index contributed by atoms with van der Waals surface area (Å²) in [4.78, 5) is 4.53. The van der Waals surface area contributed by atoms with Crippen LogP contribution in [0.5, 0.6) is 0 Å². The summed E-state index contributed by atoms with van der Waals surface area (Å²) < 4.78 is 7.81. The van der Waals surface area contributed by atoms with Crippen LogP contribution >= 0.6 is 0 Å². The highest BCUT2D eigenvalue weighted by Gasteiger charge is 2.28. The molecule has 1 aromatic carbocycles. The Bertz CT molecular complexity index is 793. The second-order valence-electron chi connectivity index (χ2n) is 5.98. The van der Waals surface area contributed by atoms with Gasteiger partial charge in [-0.2, -0.15) is 5.10 Å². The standard InChI is InChI=1S/C18H20N4O/c1-13-12-15-18(19-9-10-22(15)21-13)20-17(16-8-5-11-23-16)14-6-3-2-4-7-14/h2-4,6-7,9-10,12,16-17H,5,8,11H2,1H3,(H,19,20). The van der Waals surface area contributed by atoms with Gasteiger partial charge in [-0.05, 0) is 31.4 Å². The molecule has 2 aromatic heterocycles. The number of nitrogens with one attached hydrogen (secondary N) is 1. The molecule has 5 heteroatoms. The lowest BCUT2D eigenvalue weighted by molar-refractivity contribution is 0.0953. The molecule has 2 unspecified atom stereocenters. The molecule has 3 heterocycles. The fourth-order valence-electron chi connectivity index (χ4n) is 3.22. The number of anilines is 1. The summed E-state index contributed by atoms with van der Waals surface area (Å²) in [5.41, 5.74) is 3.19. The van der Waals surface area contributed by atoms with Gasteiger partial charge < -0.3 is 10.1 Å². The quantitative estimate of drug-likeness (QED) is 0.803. The average Bonchev–Trinajstić information content (AvgIpc) is 3.22. The van der Waals surface area contributed by atoms with Crippen molar-refractivity contribution >= 4 is 11.3 Å². The molecule has 4 rings (SSSR count). The van der Waals surface area contributed by atoms with Crippen molar-refractivity contribution in [3.05, 3.63) is 60.0 Å². The molecule has 23 heavy (non-hydrogen) atoms. The molecule has 1 N–H and O–H groups in total. The minimum atomic E-state index is 0.0904. The molecule has 0 radical (unpaired) electrons. The summed E-state index contributed by atoms with van der Waals surface area (Å²) in [7, 11) is 0. The van der Waals surface area contributed by atoms with E-state index in [1.54, 1.807) is 6.20 Å². The van der Waals surface area contributed by atoms with Crippen LogP contribution in [-0.4, -0.2) is 27.3 Å². The van der Waals surface area contributed by atoms with E-state index in [1.165, 1.54) is 5.56 Å². The molecule has 2 atom stereocenters. The van der Waals surface area contributed by atoms with Gasteiger partial charge in [-0.15, -0.1) is 0 Å². The average molecular weight is 308 g/mol. The van der Waals surface area contributed by atoms with Crippen LogP contribution in [0.1, 0.15) is 30.1 Å². The normalized spacial score (nSPS) is 19.1. The highest BCUT2D eigenvalue weighted by molar-refractivity contribution is 5.68. The number of rotatable bonds is 4. The number of ether oxygens (including phenoxy) is 1. The number of benzene rings is 1. The van der Waals surface area contributed by atoms with Crippen LogP contribution in [0, 0.1) is 6.92 Å². The molecule has 0 amide bonds. The van der Waals surface area contributed by atoms with E-state index in [0.29, 0.717) is 0 Å². The smallest absolute Gasteiger partial charge is 0.152 e. The zero-order chi connectivity index (χ0) is 15.6. The number of hydrogen-bond acceptors (Lipinski definition) is 4. The minimum Gasteiger partial charge on any atom is -0.376 e. The van der Waals surface area contributed by atoms with Crippen LogP contribution < -0.4 is 5.32 Å². The van der Waals surface area contributed by atoms with Crippen LogP contribution in [0.3, 0.4) is 0 Å². The van der Waals surface area contributed by atoms with Crippen LogP contribution in [0.2, 0.25) is 0 Å². The molecule has 3 aromatic rings. The maximum absolute atomic E-state index is 5.95. The first-order chi connectivity index (χ1) is 11.3. The summed E-state index contributed by atoms with van der Waals surface area (Å²) in [5, 5.41) is 8.05. The lowest BCUT2D eigenvalue weighted by Gasteiger charge is -2.25. The topological polar surface area (TPSA) is 51.5 Å². The largest absolute Gasteiger partial charge is 0.376 e. The Balaban J connectivity index is 1.71. The predicted molar refractivity (Wildman–Crippen MR) is 89.5 cm³/mol. The van der Waals surface area contributed by atoms with Gasteiger partial charge in [-0.25, -0.2) is 9.50 Å². The molecule has 0 bridgehead atoms. The van der Waals surface area contributed by atoms with Crippen molar-refractivity contribution < 1.29 is 4.74 Å². The number of hydrogen-bond donors (Lipinski definition) is 1. The first kappa shape index (κ1) is 14.2. The fraction of sp³-hybridized carbons (Fsp3) is 0.333. The third-order valence-electron chi connectivity index (χ3n) is 4.30. The van der Waals surface area contributed by atoms with Gasteiger partial charge in [0.1, 0.15) is 5.52 Å². The van der Waals surface area contributed by atoms with E-state index in [-0.39, 0.29) is 12.1 Å². The summed E-state index contributed by atoms with van der Waals surface area (Å²) >= 11 is 0. The molecule has 118 valence electrons. The Labute approximate surface area is 135 Å². The van der Waals surface area contributed by atoms with Crippen molar-refractivity contribution in [2.24, 2.45) is 0 Å². The van der Waals surface area contributed by atoms with Gasteiger partial charge in [-0.1, -0.05) is 30.3 Å². The lowest BCUT2D eigenvalue weighted by Crippen LogP contribution is -2.25. The van der Waals surface area contributed by atoms with Crippen molar-refractivity contribution in [2.45, 2.75) is 31.9 Å². The molecule has 0 spiro atoms. The number of nitrogens with zero attached hydrogens (tertiary/aromatic N) is 3. The van der Waals surface area contributed by atoms with E-state index in [1.807, 2.05) is 29.8 Å². The third kappa shape index (κ3) is 2.80. The minimum absolute atomic E-state index is 0.0904. The van der Waals surface area contributed by atoms with E-state index in [4.69, 9.17) is 4.74 Å². The zero-order valence-electron chi connectivity index (χ0n) is 13.1. The number of aryl methyl sites for hydroxylation is 1. The van der Waals surface area contributed by atoms with Gasteiger partial charge in [0, 0.05) is 19.0 Å².